The number of aromatic nitrogens is 3. The molecule has 6 heteroatoms. The lowest BCUT2D eigenvalue weighted by molar-refractivity contribution is 0.0982. The van der Waals surface area contributed by atoms with Crippen LogP contribution in [-0.2, 0) is 12.8 Å². The number of aromatic amines is 1. The van der Waals surface area contributed by atoms with Crippen LogP contribution in [0.1, 0.15) is 35.0 Å². The summed E-state index contributed by atoms with van der Waals surface area (Å²) in [7, 11) is 0. The van der Waals surface area contributed by atoms with E-state index in [1.807, 2.05) is 84.9 Å². The zero-order chi connectivity index (χ0) is 27.6. The Hall–Kier alpha value is -4.61. The Balaban J connectivity index is 1.41. The highest BCUT2D eigenvalue weighted by Gasteiger charge is 2.16. The molecule has 3 aromatic heterocycles. The summed E-state index contributed by atoms with van der Waals surface area (Å²) in [6, 6.07) is 28.7. The Labute approximate surface area is 236 Å². The van der Waals surface area contributed by atoms with E-state index < -0.39 is 0 Å². The van der Waals surface area contributed by atoms with Crippen LogP contribution in [0.15, 0.2) is 102 Å². The fraction of sp³-hybridized carbons (Fsp3) is 0.118. The third-order valence-electron chi connectivity index (χ3n) is 7.19. The number of pyridine rings is 3. The number of halogens is 1. The van der Waals surface area contributed by atoms with Gasteiger partial charge < -0.3 is 4.98 Å². The van der Waals surface area contributed by atoms with Crippen molar-refractivity contribution in [2.75, 3.05) is 0 Å². The van der Waals surface area contributed by atoms with Crippen LogP contribution in [0.4, 0.5) is 0 Å². The molecule has 3 aromatic carbocycles. The monoisotopic (exact) mass is 543 g/mol. The predicted octanol–water partition coefficient (Wildman–Crippen LogP) is 7.84. The van der Waals surface area contributed by atoms with Crippen LogP contribution < -0.4 is 5.43 Å². The molecule has 0 saturated heterocycles. The molecule has 0 fully saturated rings. The minimum atomic E-state index is -0.148. The van der Waals surface area contributed by atoms with Crippen LogP contribution >= 0.6 is 11.6 Å². The number of carbonyl (C=O) groups is 1. The Kier molecular flexibility index (Phi) is 6.97. The van der Waals surface area contributed by atoms with Crippen molar-refractivity contribution < 1.29 is 4.79 Å². The molecule has 0 aliphatic carbocycles. The molecule has 3 heterocycles. The second-order valence-corrected chi connectivity index (χ2v) is 10.2. The lowest BCUT2D eigenvalue weighted by Gasteiger charge is -2.13. The van der Waals surface area contributed by atoms with E-state index in [4.69, 9.17) is 16.6 Å². The molecule has 0 aliphatic heterocycles. The molecular formula is C34H26ClN3O2. The van der Waals surface area contributed by atoms with E-state index in [1.54, 1.807) is 12.3 Å². The Morgan fingerprint density at radius 3 is 2.48 bits per heavy atom. The Morgan fingerprint density at radius 2 is 1.70 bits per heavy atom. The van der Waals surface area contributed by atoms with Crippen LogP contribution in [0.5, 0.6) is 0 Å². The molecule has 0 aliphatic rings. The van der Waals surface area contributed by atoms with Crippen molar-refractivity contribution in [3.05, 3.63) is 129 Å². The topological polar surface area (TPSA) is 75.7 Å². The second-order valence-electron chi connectivity index (χ2n) is 9.81. The summed E-state index contributed by atoms with van der Waals surface area (Å²) in [5.74, 6) is 0.0413. The minimum Gasteiger partial charge on any atom is -0.343 e. The SMILES string of the molecule is CCc1ccc(C(=O)CCc2cc(=O)c3cc(-c4cc(Cl)c5ncccc5c4)c(-c4ccccc4)nc3[nH]2)cc1. The fourth-order valence-electron chi connectivity index (χ4n) is 5.01. The maximum Gasteiger partial charge on any atom is 0.191 e. The van der Waals surface area contributed by atoms with Gasteiger partial charge in [0.15, 0.2) is 11.2 Å². The molecule has 196 valence electrons. The molecule has 1 N–H and O–H groups in total. The van der Waals surface area contributed by atoms with E-state index in [2.05, 4.69) is 16.9 Å². The summed E-state index contributed by atoms with van der Waals surface area (Å²) >= 11 is 6.62. The van der Waals surface area contributed by atoms with E-state index in [9.17, 15) is 9.59 Å². The molecule has 0 spiro atoms. The van der Waals surface area contributed by atoms with Gasteiger partial charge in [0.1, 0.15) is 5.65 Å². The number of H-pyrrole nitrogens is 1. The van der Waals surface area contributed by atoms with Gasteiger partial charge in [-0.2, -0.15) is 0 Å². The molecule has 5 nitrogen and oxygen atoms in total. The predicted molar refractivity (Wildman–Crippen MR) is 162 cm³/mol. The summed E-state index contributed by atoms with van der Waals surface area (Å²) in [5.41, 5.74) is 6.90. The normalized spacial score (nSPS) is 11.2. The number of nitrogens with zero attached hydrogens (tertiary/aromatic N) is 2. The van der Waals surface area contributed by atoms with Gasteiger partial charge in [-0.05, 0) is 48.2 Å². The van der Waals surface area contributed by atoms with Gasteiger partial charge in [0.05, 0.1) is 21.6 Å². The van der Waals surface area contributed by atoms with Crippen LogP contribution in [0.2, 0.25) is 5.02 Å². The molecule has 0 unspecified atom stereocenters. The number of Topliss-reactive ketones (excluding diaryl/α,β-unsaturated/α-hetero) is 1. The van der Waals surface area contributed by atoms with Crippen molar-refractivity contribution >= 4 is 39.3 Å². The first-order valence-corrected chi connectivity index (χ1v) is 13.7. The third kappa shape index (κ3) is 5.04. The van der Waals surface area contributed by atoms with E-state index in [-0.39, 0.29) is 11.2 Å². The number of hydrogen-bond donors (Lipinski definition) is 1. The van der Waals surface area contributed by atoms with Crippen molar-refractivity contribution in [3.8, 4) is 22.4 Å². The quantitative estimate of drug-likeness (QED) is 0.208. The van der Waals surface area contributed by atoms with Gasteiger partial charge in [-0.15, -0.1) is 0 Å². The molecular weight excluding hydrogens is 518 g/mol. The highest BCUT2D eigenvalue weighted by molar-refractivity contribution is 6.35. The smallest absolute Gasteiger partial charge is 0.191 e. The molecule has 40 heavy (non-hydrogen) atoms. The Bertz CT molecular complexity index is 1930. The molecule has 0 saturated carbocycles. The van der Waals surface area contributed by atoms with E-state index in [0.29, 0.717) is 40.2 Å². The molecule has 6 rings (SSSR count). The maximum atomic E-state index is 13.3. The number of nitrogens with one attached hydrogen (secondary N) is 1. The minimum absolute atomic E-state index is 0.0413. The van der Waals surface area contributed by atoms with Gasteiger partial charge in [0.2, 0.25) is 0 Å². The summed E-state index contributed by atoms with van der Waals surface area (Å²) < 4.78 is 0. The van der Waals surface area contributed by atoms with Crippen LogP contribution in [-0.4, -0.2) is 20.7 Å². The van der Waals surface area contributed by atoms with Crippen molar-refractivity contribution in [2.24, 2.45) is 0 Å². The highest BCUT2D eigenvalue weighted by Crippen LogP contribution is 2.36. The standard InChI is InChI=1S/C34H26ClN3O2/c1-2-21-10-12-22(13-11-21)30(39)15-14-26-19-31(40)28-20-27(25-17-24-9-6-16-36-33(24)29(35)18-25)32(38-34(28)37-26)23-7-4-3-5-8-23/h3-13,16-20H,2,14-15H2,1H3,(H,37,38,40). The lowest BCUT2D eigenvalue weighted by atomic mass is 9.96. The summed E-state index contributed by atoms with van der Waals surface area (Å²) in [6.45, 7) is 2.08. The van der Waals surface area contributed by atoms with Crippen molar-refractivity contribution in [1.29, 1.82) is 0 Å². The number of aryl methyl sites for hydroxylation is 2. The highest BCUT2D eigenvalue weighted by atomic mass is 35.5. The summed E-state index contributed by atoms with van der Waals surface area (Å²) in [4.78, 5) is 38.8. The van der Waals surface area contributed by atoms with Crippen LogP contribution in [0.3, 0.4) is 0 Å². The molecule has 0 amide bonds. The van der Waals surface area contributed by atoms with E-state index in [0.717, 1.165) is 39.7 Å². The number of carbonyl (C=O) groups excluding carboxylic acids is 1. The number of ketones is 1. The summed E-state index contributed by atoms with van der Waals surface area (Å²) in [5, 5.41) is 1.91. The van der Waals surface area contributed by atoms with Gasteiger partial charge >= 0.3 is 0 Å². The van der Waals surface area contributed by atoms with Gasteiger partial charge in [-0.1, -0.05) is 79.2 Å². The van der Waals surface area contributed by atoms with Crippen LogP contribution in [0, 0.1) is 0 Å². The van der Waals surface area contributed by atoms with E-state index >= 15 is 0 Å². The molecule has 6 aromatic rings. The number of rotatable bonds is 7. The number of hydrogen-bond acceptors (Lipinski definition) is 4. The van der Waals surface area contributed by atoms with E-state index in [1.165, 1.54) is 5.56 Å². The van der Waals surface area contributed by atoms with Gasteiger partial charge in [0, 0.05) is 46.5 Å². The first-order valence-electron chi connectivity index (χ1n) is 13.3. The van der Waals surface area contributed by atoms with Gasteiger partial charge in [-0.25, -0.2) is 4.98 Å². The lowest BCUT2D eigenvalue weighted by Crippen LogP contribution is -2.09. The zero-order valence-corrected chi connectivity index (χ0v) is 22.7. The number of fused-ring (bicyclic) bond motifs is 2. The van der Waals surface area contributed by atoms with Crippen LogP contribution in [0.25, 0.3) is 44.3 Å². The number of benzene rings is 3. The van der Waals surface area contributed by atoms with Crippen molar-refractivity contribution in [3.63, 3.8) is 0 Å². The fourth-order valence-corrected chi connectivity index (χ4v) is 5.29. The zero-order valence-electron chi connectivity index (χ0n) is 21.9. The van der Waals surface area contributed by atoms with Gasteiger partial charge in [0.25, 0.3) is 0 Å². The average molecular weight is 544 g/mol. The summed E-state index contributed by atoms with van der Waals surface area (Å²) in [6.07, 6.45) is 3.35. The molecule has 0 radical (unpaired) electrons. The Morgan fingerprint density at radius 1 is 0.900 bits per heavy atom. The first-order chi connectivity index (χ1) is 19.5. The van der Waals surface area contributed by atoms with Gasteiger partial charge in [-0.3, -0.25) is 14.6 Å². The largest absolute Gasteiger partial charge is 0.343 e. The molecule has 0 bridgehead atoms. The average Bonchev–Trinajstić information content (AvgIpc) is 3.00. The second kappa shape index (κ2) is 10.9. The van der Waals surface area contributed by atoms with Crippen molar-refractivity contribution in [1.82, 2.24) is 15.0 Å². The third-order valence-corrected chi connectivity index (χ3v) is 7.48. The first kappa shape index (κ1) is 25.7. The molecule has 0 atom stereocenters. The van der Waals surface area contributed by atoms with Crippen molar-refractivity contribution in [2.45, 2.75) is 26.2 Å². The maximum absolute atomic E-state index is 13.3.